The van der Waals surface area contributed by atoms with Crippen molar-refractivity contribution in [2.45, 2.75) is 19.8 Å². The van der Waals surface area contributed by atoms with E-state index in [2.05, 4.69) is 10.6 Å². The molecule has 1 unspecified atom stereocenters. The molecule has 0 saturated carbocycles. The first kappa shape index (κ1) is 18.3. The van der Waals surface area contributed by atoms with E-state index in [0.717, 1.165) is 19.4 Å². The van der Waals surface area contributed by atoms with Gasteiger partial charge >= 0.3 is 0 Å². The van der Waals surface area contributed by atoms with Crippen LogP contribution in [0.1, 0.15) is 19.8 Å². The molecule has 0 radical (unpaired) electrons. The first-order chi connectivity index (χ1) is 9.99. The zero-order valence-electron chi connectivity index (χ0n) is 12.6. The van der Waals surface area contributed by atoms with E-state index in [-0.39, 0.29) is 30.3 Å². The van der Waals surface area contributed by atoms with Crippen molar-refractivity contribution in [1.82, 2.24) is 5.32 Å². The van der Waals surface area contributed by atoms with E-state index in [9.17, 15) is 9.59 Å². The van der Waals surface area contributed by atoms with Gasteiger partial charge in [-0.25, -0.2) is 0 Å². The number of anilines is 1. The number of primary amides is 1. The van der Waals surface area contributed by atoms with Crippen LogP contribution in [0.2, 0.25) is 0 Å². The Labute approximate surface area is 136 Å². The molecule has 0 bridgehead atoms. The number of halogens is 1. The molecule has 0 spiro atoms. The molecule has 1 aromatic carbocycles. The summed E-state index contributed by atoms with van der Waals surface area (Å²) in [6.07, 6.45) is 1.88. The molecule has 0 aromatic heterocycles. The molecule has 7 heteroatoms. The lowest BCUT2D eigenvalue weighted by Crippen LogP contribution is -2.46. The van der Waals surface area contributed by atoms with Crippen LogP contribution in [0.3, 0.4) is 0 Å². The number of amides is 2. The molecule has 22 heavy (non-hydrogen) atoms. The molecule has 6 nitrogen and oxygen atoms in total. The predicted molar refractivity (Wildman–Crippen MR) is 87.2 cm³/mol. The third-order valence-electron chi connectivity index (χ3n) is 3.64. The van der Waals surface area contributed by atoms with E-state index in [1.165, 1.54) is 0 Å². The summed E-state index contributed by atoms with van der Waals surface area (Å²) in [7, 11) is 0. The first-order valence-corrected chi connectivity index (χ1v) is 7.03. The minimum atomic E-state index is -0.523. The zero-order chi connectivity index (χ0) is 15.3. The Morgan fingerprint density at radius 3 is 2.59 bits per heavy atom. The van der Waals surface area contributed by atoms with Gasteiger partial charge in [-0.05, 0) is 50.6 Å². The topological polar surface area (TPSA) is 93.4 Å². The van der Waals surface area contributed by atoms with Crippen LogP contribution in [0.25, 0.3) is 0 Å². The standard InChI is InChI=1S/C15H21N3O3.ClH/c1-15(7-2-8-17-10-15)14(20)18-11-3-5-12(6-4-11)21-9-13(16)19;/h3-6,17H,2,7-10H2,1H3,(H2,16,19)(H,18,20);1H. The van der Waals surface area contributed by atoms with Crippen LogP contribution in [0.15, 0.2) is 24.3 Å². The van der Waals surface area contributed by atoms with Crippen LogP contribution in [0, 0.1) is 5.41 Å². The largest absolute Gasteiger partial charge is 0.484 e. The van der Waals surface area contributed by atoms with Gasteiger partial charge in [-0.3, -0.25) is 9.59 Å². The smallest absolute Gasteiger partial charge is 0.255 e. The van der Waals surface area contributed by atoms with E-state index in [1.807, 2.05) is 6.92 Å². The lowest BCUT2D eigenvalue weighted by Gasteiger charge is -2.32. The molecule has 1 heterocycles. The van der Waals surface area contributed by atoms with Gasteiger partial charge in [0.15, 0.2) is 6.61 Å². The summed E-state index contributed by atoms with van der Waals surface area (Å²) in [6, 6.07) is 6.88. The van der Waals surface area contributed by atoms with Crippen molar-refractivity contribution >= 4 is 29.9 Å². The van der Waals surface area contributed by atoms with Crippen molar-refractivity contribution in [3.63, 3.8) is 0 Å². The fraction of sp³-hybridized carbons (Fsp3) is 0.467. The average Bonchev–Trinajstić information content (AvgIpc) is 2.47. The molecule has 1 fully saturated rings. The lowest BCUT2D eigenvalue weighted by atomic mass is 9.82. The van der Waals surface area contributed by atoms with Gasteiger partial charge in [0.1, 0.15) is 5.75 Å². The number of carbonyl (C=O) groups excluding carboxylic acids is 2. The van der Waals surface area contributed by atoms with Crippen LogP contribution >= 0.6 is 12.4 Å². The Morgan fingerprint density at radius 2 is 2.05 bits per heavy atom. The molecule has 1 aliphatic heterocycles. The Hall–Kier alpha value is -1.79. The van der Waals surface area contributed by atoms with Crippen molar-refractivity contribution in [2.75, 3.05) is 25.0 Å². The molecule has 2 rings (SSSR count). The molecule has 4 N–H and O–H groups in total. The van der Waals surface area contributed by atoms with E-state index in [4.69, 9.17) is 10.5 Å². The van der Waals surface area contributed by atoms with Gasteiger partial charge in [0.25, 0.3) is 5.91 Å². The van der Waals surface area contributed by atoms with Gasteiger partial charge in [0.2, 0.25) is 5.91 Å². The lowest BCUT2D eigenvalue weighted by molar-refractivity contribution is -0.125. The quantitative estimate of drug-likeness (QED) is 0.760. The summed E-state index contributed by atoms with van der Waals surface area (Å²) in [5.74, 6) is 0.0305. The summed E-state index contributed by atoms with van der Waals surface area (Å²) in [5.41, 5.74) is 5.34. The highest BCUT2D eigenvalue weighted by atomic mass is 35.5. The number of hydrogen-bond acceptors (Lipinski definition) is 4. The number of rotatable bonds is 5. The summed E-state index contributed by atoms with van der Waals surface area (Å²) in [5, 5.41) is 6.17. The monoisotopic (exact) mass is 327 g/mol. The second kappa shape index (κ2) is 8.00. The van der Waals surface area contributed by atoms with Crippen LogP contribution in [-0.2, 0) is 9.59 Å². The van der Waals surface area contributed by atoms with Gasteiger partial charge in [-0.1, -0.05) is 0 Å². The average molecular weight is 328 g/mol. The minimum absolute atomic E-state index is 0. The Kier molecular flexibility index (Phi) is 6.64. The van der Waals surface area contributed by atoms with E-state index in [1.54, 1.807) is 24.3 Å². The molecule has 122 valence electrons. The number of nitrogens with two attached hydrogens (primary N) is 1. The molecular weight excluding hydrogens is 306 g/mol. The number of hydrogen-bond donors (Lipinski definition) is 3. The van der Waals surface area contributed by atoms with Crippen LogP contribution in [0.5, 0.6) is 5.75 Å². The Morgan fingerprint density at radius 1 is 1.36 bits per heavy atom. The maximum Gasteiger partial charge on any atom is 0.255 e. The molecule has 0 aliphatic carbocycles. The molecule has 1 atom stereocenters. The van der Waals surface area contributed by atoms with Gasteiger partial charge in [-0.15, -0.1) is 12.4 Å². The maximum absolute atomic E-state index is 12.3. The normalized spacial score (nSPS) is 20.6. The minimum Gasteiger partial charge on any atom is -0.484 e. The number of ether oxygens (including phenoxy) is 1. The van der Waals surface area contributed by atoms with Gasteiger partial charge in [-0.2, -0.15) is 0 Å². The first-order valence-electron chi connectivity index (χ1n) is 7.03. The second-order valence-corrected chi connectivity index (χ2v) is 5.57. The predicted octanol–water partition coefficient (Wildman–Crippen LogP) is 1.30. The molecule has 2 amide bonds. The van der Waals surface area contributed by atoms with Crippen LogP contribution in [0.4, 0.5) is 5.69 Å². The number of nitrogens with one attached hydrogen (secondary N) is 2. The van der Waals surface area contributed by atoms with Crippen molar-refractivity contribution in [3.8, 4) is 5.75 Å². The van der Waals surface area contributed by atoms with Gasteiger partial charge < -0.3 is 21.1 Å². The highest BCUT2D eigenvalue weighted by Gasteiger charge is 2.34. The zero-order valence-corrected chi connectivity index (χ0v) is 13.4. The third-order valence-corrected chi connectivity index (χ3v) is 3.64. The van der Waals surface area contributed by atoms with E-state index in [0.29, 0.717) is 18.0 Å². The van der Waals surface area contributed by atoms with E-state index < -0.39 is 5.91 Å². The maximum atomic E-state index is 12.3. The van der Waals surface area contributed by atoms with Gasteiger partial charge in [0, 0.05) is 12.2 Å². The highest BCUT2D eigenvalue weighted by Crippen LogP contribution is 2.27. The second-order valence-electron chi connectivity index (χ2n) is 5.57. The number of piperidine rings is 1. The molecule has 1 aliphatic rings. The van der Waals surface area contributed by atoms with Crippen LogP contribution < -0.4 is 21.1 Å². The molecular formula is C15H22ClN3O3. The molecule has 1 saturated heterocycles. The van der Waals surface area contributed by atoms with Crippen molar-refractivity contribution in [1.29, 1.82) is 0 Å². The number of benzene rings is 1. The van der Waals surface area contributed by atoms with Crippen molar-refractivity contribution in [2.24, 2.45) is 11.1 Å². The highest BCUT2D eigenvalue weighted by molar-refractivity contribution is 5.95. The van der Waals surface area contributed by atoms with Crippen LogP contribution in [-0.4, -0.2) is 31.5 Å². The summed E-state index contributed by atoms with van der Waals surface area (Å²) < 4.78 is 5.17. The van der Waals surface area contributed by atoms with Crippen molar-refractivity contribution in [3.05, 3.63) is 24.3 Å². The SMILES string of the molecule is CC1(C(=O)Nc2ccc(OCC(N)=O)cc2)CCCNC1.Cl. The van der Waals surface area contributed by atoms with Crippen molar-refractivity contribution < 1.29 is 14.3 Å². The fourth-order valence-electron chi connectivity index (χ4n) is 2.32. The fourth-order valence-corrected chi connectivity index (χ4v) is 2.32. The Balaban J connectivity index is 0.00000242. The summed E-state index contributed by atoms with van der Waals surface area (Å²) >= 11 is 0. The molecule has 1 aromatic rings. The van der Waals surface area contributed by atoms with Gasteiger partial charge in [0.05, 0.1) is 5.41 Å². The third kappa shape index (κ3) is 4.89. The summed E-state index contributed by atoms with van der Waals surface area (Å²) in [6.45, 7) is 3.47. The summed E-state index contributed by atoms with van der Waals surface area (Å²) in [4.78, 5) is 23.0. The Bertz CT molecular complexity index is 513. The van der Waals surface area contributed by atoms with E-state index >= 15 is 0 Å². The number of carbonyl (C=O) groups is 2.